The molecule has 0 saturated carbocycles. The number of hydrogen-bond donors (Lipinski definition) is 1. The lowest BCUT2D eigenvalue weighted by molar-refractivity contribution is 1.29. The van der Waals surface area contributed by atoms with Crippen molar-refractivity contribution in [3.8, 4) is 0 Å². The van der Waals surface area contributed by atoms with E-state index in [1.54, 1.807) is 12.4 Å². The van der Waals surface area contributed by atoms with E-state index in [1.165, 1.54) is 0 Å². The van der Waals surface area contributed by atoms with Crippen molar-refractivity contribution in [1.29, 1.82) is 0 Å². The fraction of sp³-hybridized carbons (Fsp3) is 0.200. The third kappa shape index (κ3) is 3.51. The number of hydrogen-bond acceptors (Lipinski definition) is 3. The summed E-state index contributed by atoms with van der Waals surface area (Å²) in [5.74, 6) is 0. The molecule has 0 amide bonds. The Hall–Kier alpha value is -1.64. The Morgan fingerprint density at radius 3 is 2.85 bits per heavy atom. The average molecular weight is 175 g/mol. The molecule has 0 spiro atoms. The van der Waals surface area contributed by atoms with Crippen LogP contribution in [0.3, 0.4) is 0 Å². The van der Waals surface area contributed by atoms with Gasteiger partial charge in [0, 0.05) is 17.6 Å². The van der Waals surface area contributed by atoms with Gasteiger partial charge in [0.05, 0.1) is 11.9 Å². The van der Waals surface area contributed by atoms with E-state index < -0.39 is 0 Å². The number of nitrogens with two attached hydrogens (primary N) is 1. The highest BCUT2D eigenvalue weighted by Crippen LogP contribution is 2.08. The molecular formula is C10H13N3. The van der Waals surface area contributed by atoms with Gasteiger partial charge in [-0.2, -0.15) is 0 Å². The summed E-state index contributed by atoms with van der Waals surface area (Å²) in [4.78, 5) is 8.25. The van der Waals surface area contributed by atoms with Gasteiger partial charge < -0.3 is 5.73 Å². The summed E-state index contributed by atoms with van der Waals surface area (Å²) in [5.41, 5.74) is 7.99. The zero-order chi connectivity index (χ0) is 9.68. The molecule has 3 nitrogen and oxygen atoms in total. The molecule has 0 aliphatic heterocycles. The quantitative estimate of drug-likeness (QED) is 0.699. The topological polar surface area (TPSA) is 51.3 Å². The number of aliphatic imine (C=N–C) groups is 1. The van der Waals surface area contributed by atoms with Crippen LogP contribution in [0, 0.1) is 0 Å². The Labute approximate surface area is 78.0 Å². The summed E-state index contributed by atoms with van der Waals surface area (Å²) in [7, 11) is 0. The fourth-order valence-electron chi connectivity index (χ4n) is 0.985. The van der Waals surface area contributed by atoms with Gasteiger partial charge in [0.25, 0.3) is 0 Å². The highest BCUT2D eigenvalue weighted by atomic mass is 14.8. The summed E-state index contributed by atoms with van der Waals surface area (Å²) >= 11 is 0. The second kappa shape index (κ2) is 4.40. The molecule has 0 bridgehead atoms. The molecular weight excluding hydrogens is 162 g/mol. The van der Waals surface area contributed by atoms with E-state index in [0.29, 0.717) is 0 Å². The van der Waals surface area contributed by atoms with E-state index in [0.717, 1.165) is 17.1 Å². The van der Waals surface area contributed by atoms with Gasteiger partial charge in [0.1, 0.15) is 0 Å². The van der Waals surface area contributed by atoms with E-state index >= 15 is 0 Å². The highest BCUT2D eigenvalue weighted by Gasteiger charge is 1.88. The molecule has 3 heteroatoms. The normalized spacial score (nSPS) is 13.1. The molecule has 13 heavy (non-hydrogen) atoms. The molecule has 2 N–H and O–H groups in total. The first kappa shape index (κ1) is 9.45. The molecule has 1 aromatic rings. The van der Waals surface area contributed by atoms with Crippen molar-refractivity contribution >= 4 is 11.4 Å². The van der Waals surface area contributed by atoms with Crippen molar-refractivity contribution in [1.82, 2.24) is 4.98 Å². The van der Waals surface area contributed by atoms with Crippen molar-refractivity contribution in [2.45, 2.75) is 13.8 Å². The summed E-state index contributed by atoms with van der Waals surface area (Å²) in [6.45, 7) is 3.74. The first-order valence-corrected chi connectivity index (χ1v) is 4.07. The number of pyridine rings is 1. The average Bonchev–Trinajstić information content (AvgIpc) is 2.04. The largest absolute Gasteiger partial charge is 0.402 e. The lowest BCUT2D eigenvalue weighted by atomic mass is 10.3. The SMILES string of the molecule is CC(N)=CC(C)=Nc1cccnc1. The van der Waals surface area contributed by atoms with Crippen molar-refractivity contribution in [2.24, 2.45) is 10.7 Å². The van der Waals surface area contributed by atoms with Crippen LogP contribution >= 0.6 is 0 Å². The Bertz CT molecular complexity index is 321. The van der Waals surface area contributed by atoms with Crippen LogP contribution in [0.5, 0.6) is 0 Å². The number of nitrogens with zero attached hydrogens (tertiary/aromatic N) is 2. The Balaban J connectivity index is 2.83. The molecule has 1 aromatic heterocycles. The fourth-order valence-corrected chi connectivity index (χ4v) is 0.985. The number of rotatable bonds is 2. The van der Waals surface area contributed by atoms with Crippen LogP contribution in [-0.2, 0) is 0 Å². The summed E-state index contributed by atoms with van der Waals surface area (Å²) in [5, 5.41) is 0. The first-order valence-electron chi connectivity index (χ1n) is 4.07. The van der Waals surface area contributed by atoms with Crippen molar-refractivity contribution < 1.29 is 0 Å². The van der Waals surface area contributed by atoms with Gasteiger partial charge >= 0.3 is 0 Å². The van der Waals surface area contributed by atoms with Crippen LogP contribution in [0.15, 0.2) is 41.3 Å². The second-order valence-corrected chi connectivity index (χ2v) is 2.85. The third-order valence-corrected chi connectivity index (χ3v) is 1.39. The minimum absolute atomic E-state index is 0.755. The van der Waals surface area contributed by atoms with Gasteiger partial charge in [-0.25, -0.2) is 0 Å². The lowest BCUT2D eigenvalue weighted by Crippen LogP contribution is -1.94. The third-order valence-electron chi connectivity index (χ3n) is 1.39. The van der Waals surface area contributed by atoms with Crippen LogP contribution in [0.2, 0.25) is 0 Å². The molecule has 0 atom stereocenters. The smallest absolute Gasteiger partial charge is 0.0816 e. The summed E-state index contributed by atoms with van der Waals surface area (Å²) in [6, 6.07) is 3.75. The number of allylic oxidation sites excluding steroid dienone is 2. The summed E-state index contributed by atoms with van der Waals surface area (Å²) < 4.78 is 0. The van der Waals surface area contributed by atoms with E-state index in [1.807, 2.05) is 32.1 Å². The monoisotopic (exact) mass is 175 g/mol. The van der Waals surface area contributed by atoms with Crippen LogP contribution in [-0.4, -0.2) is 10.7 Å². The maximum absolute atomic E-state index is 5.51. The molecule has 0 saturated heterocycles. The minimum atomic E-state index is 0.755. The molecule has 68 valence electrons. The van der Waals surface area contributed by atoms with Crippen LogP contribution in [0.25, 0.3) is 0 Å². The first-order chi connectivity index (χ1) is 6.18. The van der Waals surface area contributed by atoms with Crippen LogP contribution < -0.4 is 5.73 Å². The van der Waals surface area contributed by atoms with Crippen molar-refractivity contribution in [3.63, 3.8) is 0 Å². The lowest BCUT2D eigenvalue weighted by Gasteiger charge is -1.94. The molecule has 0 fully saturated rings. The molecule has 0 radical (unpaired) electrons. The van der Waals surface area contributed by atoms with Crippen molar-refractivity contribution in [2.75, 3.05) is 0 Å². The zero-order valence-corrected chi connectivity index (χ0v) is 7.86. The minimum Gasteiger partial charge on any atom is -0.402 e. The standard InChI is InChI=1S/C10H13N3/c1-8(11)6-9(2)13-10-4-3-5-12-7-10/h3-7H,11H2,1-2H3. The van der Waals surface area contributed by atoms with Gasteiger partial charge in [-0.1, -0.05) is 0 Å². The molecule has 1 heterocycles. The van der Waals surface area contributed by atoms with Gasteiger partial charge in [-0.15, -0.1) is 0 Å². The highest BCUT2D eigenvalue weighted by molar-refractivity contribution is 5.94. The van der Waals surface area contributed by atoms with E-state index in [9.17, 15) is 0 Å². The van der Waals surface area contributed by atoms with Crippen LogP contribution in [0.1, 0.15) is 13.8 Å². The van der Waals surface area contributed by atoms with Gasteiger partial charge in [0.2, 0.25) is 0 Å². The molecule has 0 aliphatic rings. The molecule has 0 aromatic carbocycles. The second-order valence-electron chi connectivity index (χ2n) is 2.85. The number of aromatic nitrogens is 1. The van der Waals surface area contributed by atoms with Crippen LogP contribution in [0.4, 0.5) is 5.69 Å². The zero-order valence-electron chi connectivity index (χ0n) is 7.86. The predicted octanol–water partition coefficient (Wildman–Crippen LogP) is 2.04. The van der Waals surface area contributed by atoms with E-state index in [2.05, 4.69) is 9.98 Å². The Morgan fingerprint density at radius 2 is 2.31 bits per heavy atom. The maximum Gasteiger partial charge on any atom is 0.0816 e. The van der Waals surface area contributed by atoms with Crippen molar-refractivity contribution in [3.05, 3.63) is 36.3 Å². The molecule has 1 rings (SSSR count). The predicted molar refractivity (Wildman–Crippen MR) is 55.0 cm³/mol. The Kier molecular flexibility index (Phi) is 3.20. The molecule has 0 unspecified atom stereocenters. The van der Waals surface area contributed by atoms with E-state index in [4.69, 9.17) is 5.73 Å². The molecule has 0 aliphatic carbocycles. The van der Waals surface area contributed by atoms with Gasteiger partial charge in [-0.3, -0.25) is 9.98 Å². The van der Waals surface area contributed by atoms with E-state index in [-0.39, 0.29) is 0 Å². The van der Waals surface area contributed by atoms with Gasteiger partial charge in [0.15, 0.2) is 0 Å². The summed E-state index contributed by atoms with van der Waals surface area (Å²) in [6.07, 6.45) is 5.26. The maximum atomic E-state index is 5.51. The Morgan fingerprint density at radius 1 is 1.54 bits per heavy atom. The van der Waals surface area contributed by atoms with Gasteiger partial charge in [-0.05, 0) is 32.1 Å².